The molecule has 1 aliphatic carbocycles. The number of nitrogens with zero attached hydrogens (tertiary/aromatic N) is 4. The van der Waals surface area contributed by atoms with Crippen molar-refractivity contribution in [2.24, 2.45) is 7.05 Å². The number of aromatic nitrogens is 3. The van der Waals surface area contributed by atoms with E-state index in [1.54, 1.807) is 18.8 Å². The maximum absolute atomic E-state index is 13.3. The van der Waals surface area contributed by atoms with Crippen molar-refractivity contribution in [3.8, 4) is 17.0 Å². The first-order valence-corrected chi connectivity index (χ1v) is 12.4. The first-order valence-electron chi connectivity index (χ1n) is 11.5. The molecule has 34 heavy (non-hydrogen) atoms. The van der Waals surface area contributed by atoms with Crippen LogP contribution in [0.5, 0.6) is 5.75 Å². The molecule has 1 saturated carbocycles. The van der Waals surface area contributed by atoms with Gasteiger partial charge in [0.1, 0.15) is 11.4 Å². The lowest BCUT2D eigenvalue weighted by molar-refractivity contribution is 0.0725. The number of urea groups is 1. The summed E-state index contributed by atoms with van der Waals surface area (Å²) in [7, 11) is 3.40. The number of methoxy groups -OCH3 is 1. The van der Waals surface area contributed by atoms with E-state index in [1.165, 1.54) is 11.3 Å². The normalized spacial score (nSPS) is 15.8. The van der Waals surface area contributed by atoms with Crippen molar-refractivity contribution < 1.29 is 14.3 Å². The lowest BCUT2D eigenvalue weighted by Gasteiger charge is -2.25. The summed E-state index contributed by atoms with van der Waals surface area (Å²) < 4.78 is 7.06. The number of hydrogen-bond donors (Lipinski definition) is 2. The average molecular weight is 481 g/mol. The molecule has 0 bridgehead atoms. The van der Waals surface area contributed by atoms with Crippen LogP contribution in [-0.4, -0.2) is 51.3 Å². The zero-order valence-corrected chi connectivity index (χ0v) is 20.2. The smallest absolute Gasteiger partial charge is 0.321 e. The Kier molecular flexibility index (Phi) is 6.23. The van der Waals surface area contributed by atoms with Gasteiger partial charge in [0.25, 0.3) is 5.91 Å². The van der Waals surface area contributed by atoms with Crippen molar-refractivity contribution in [1.82, 2.24) is 25.0 Å². The molecule has 2 aliphatic rings. The summed E-state index contributed by atoms with van der Waals surface area (Å²) in [4.78, 5) is 33.1. The Hall–Kier alpha value is -3.40. The van der Waals surface area contributed by atoms with Gasteiger partial charge in [0, 0.05) is 36.5 Å². The minimum absolute atomic E-state index is 0.0799. The highest BCUT2D eigenvalue weighted by Crippen LogP contribution is 2.31. The Morgan fingerprint density at radius 1 is 1.21 bits per heavy atom. The number of carbonyl (C=O) groups is 2. The van der Waals surface area contributed by atoms with Crippen LogP contribution in [0.25, 0.3) is 11.3 Å². The number of fused-ring (bicyclic) bond motifs is 1. The molecule has 178 valence electrons. The summed E-state index contributed by atoms with van der Waals surface area (Å²) in [5, 5.41) is 11.0. The minimum Gasteiger partial charge on any atom is -0.496 e. The molecule has 10 heteroatoms. The number of aryl methyl sites for hydroxylation is 1. The number of hydrogen-bond acceptors (Lipinski definition) is 6. The van der Waals surface area contributed by atoms with Gasteiger partial charge < -0.3 is 15.0 Å². The van der Waals surface area contributed by atoms with E-state index < -0.39 is 0 Å². The van der Waals surface area contributed by atoms with Gasteiger partial charge in [0.05, 0.1) is 25.0 Å². The Balaban J connectivity index is 1.27. The van der Waals surface area contributed by atoms with Gasteiger partial charge in [-0.25, -0.2) is 9.78 Å². The highest BCUT2D eigenvalue weighted by Gasteiger charge is 2.28. The van der Waals surface area contributed by atoms with E-state index in [0.29, 0.717) is 41.8 Å². The summed E-state index contributed by atoms with van der Waals surface area (Å²) in [5.41, 5.74) is 3.00. The molecule has 1 aromatic carbocycles. The topological polar surface area (TPSA) is 101 Å². The maximum atomic E-state index is 13.3. The number of para-hydroxylation sites is 1. The number of benzene rings is 1. The van der Waals surface area contributed by atoms with Crippen molar-refractivity contribution in [3.63, 3.8) is 0 Å². The minimum atomic E-state index is -0.204. The average Bonchev–Trinajstić information content (AvgIpc) is 3.57. The van der Waals surface area contributed by atoms with Gasteiger partial charge in [-0.1, -0.05) is 36.3 Å². The fourth-order valence-electron chi connectivity index (χ4n) is 4.63. The van der Waals surface area contributed by atoms with E-state index in [4.69, 9.17) is 4.74 Å². The molecule has 5 rings (SSSR count). The van der Waals surface area contributed by atoms with E-state index in [0.717, 1.165) is 41.8 Å². The van der Waals surface area contributed by atoms with Crippen molar-refractivity contribution in [2.45, 2.75) is 44.7 Å². The van der Waals surface area contributed by atoms with Gasteiger partial charge in [-0.3, -0.25) is 14.8 Å². The summed E-state index contributed by atoms with van der Waals surface area (Å²) in [6.07, 6.45) is 5.05. The Morgan fingerprint density at radius 3 is 2.79 bits per heavy atom. The molecule has 3 heterocycles. The molecule has 0 saturated heterocycles. The van der Waals surface area contributed by atoms with Gasteiger partial charge in [-0.05, 0) is 31.0 Å². The third kappa shape index (κ3) is 4.50. The van der Waals surface area contributed by atoms with Gasteiger partial charge in [0.15, 0.2) is 5.13 Å². The molecule has 0 atom stereocenters. The number of rotatable bonds is 5. The Morgan fingerprint density at radius 2 is 2.00 bits per heavy atom. The molecule has 2 N–H and O–H groups in total. The molecule has 0 radical (unpaired) electrons. The maximum Gasteiger partial charge on any atom is 0.321 e. The predicted molar refractivity (Wildman–Crippen MR) is 130 cm³/mol. The van der Waals surface area contributed by atoms with Crippen molar-refractivity contribution in [2.75, 3.05) is 19.0 Å². The number of amides is 3. The third-order valence-electron chi connectivity index (χ3n) is 6.41. The van der Waals surface area contributed by atoms with Gasteiger partial charge in [0.2, 0.25) is 0 Å². The van der Waals surface area contributed by atoms with Crippen LogP contribution >= 0.6 is 11.3 Å². The highest BCUT2D eigenvalue weighted by atomic mass is 32.1. The summed E-state index contributed by atoms with van der Waals surface area (Å²) in [6, 6.07) is 9.48. The second-order valence-corrected chi connectivity index (χ2v) is 9.77. The lowest BCUT2D eigenvalue weighted by Crippen LogP contribution is -2.36. The fraction of sp³-hybridized carbons (Fsp3) is 0.417. The zero-order valence-electron chi connectivity index (χ0n) is 19.3. The van der Waals surface area contributed by atoms with E-state index in [2.05, 4.69) is 20.7 Å². The zero-order chi connectivity index (χ0) is 23.7. The first-order chi connectivity index (χ1) is 16.5. The quantitative estimate of drug-likeness (QED) is 0.578. The van der Waals surface area contributed by atoms with E-state index in [-0.39, 0.29) is 18.0 Å². The number of anilines is 1. The second-order valence-electron chi connectivity index (χ2n) is 8.68. The molecule has 9 nitrogen and oxygen atoms in total. The van der Waals surface area contributed by atoms with Gasteiger partial charge in [-0.2, -0.15) is 5.10 Å². The highest BCUT2D eigenvalue weighted by molar-refractivity contribution is 7.15. The van der Waals surface area contributed by atoms with Crippen LogP contribution in [0.2, 0.25) is 0 Å². The van der Waals surface area contributed by atoms with Crippen molar-refractivity contribution in [1.29, 1.82) is 0 Å². The Bertz CT molecular complexity index is 1210. The lowest BCUT2D eigenvalue weighted by atomic mass is 10.1. The molecule has 0 unspecified atom stereocenters. The van der Waals surface area contributed by atoms with Crippen LogP contribution in [0.4, 0.5) is 9.93 Å². The molecule has 3 aromatic rings. The van der Waals surface area contributed by atoms with E-state index in [9.17, 15) is 9.59 Å². The summed E-state index contributed by atoms with van der Waals surface area (Å²) in [5.74, 6) is 0.632. The summed E-state index contributed by atoms with van der Waals surface area (Å²) >= 11 is 1.43. The van der Waals surface area contributed by atoms with Crippen LogP contribution in [0.1, 0.15) is 46.7 Å². The van der Waals surface area contributed by atoms with Crippen LogP contribution in [0, 0.1) is 0 Å². The first kappa shape index (κ1) is 22.4. The van der Waals surface area contributed by atoms with Crippen molar-refractivity contribution in [3.05, 3.63) is 46.6 Å². The molecular formula is C24H28N6O3S. The monoisotopic (exact) mass is 480 g/mol. The molecule has 3 amide bonds. The van der Waals surface area contributed by atoms with Gasteiger partial charge in [-0.15, -0.1) is 0 Å². The summed E-state index contributed by atoms with van der Waals surface area (Å²) in [6.45, 7) is 1.03. The predicted octanol–water partition coefficient (Wildman–Crippen LogP) is 3.81. The largest absolute Gasteiger partial charge is 0.496 e. The van der Waals surface area contributed by atoms with Crippen LogP contribution in [0.15, 0.2) is 30.3 Å². The van der Waals surface area contributed by atoms with Gasteiger partial charge >= 0.3 is 6.03 Å². The molecule has 1 fully saturated rings. The van der Waals surface area contributed by atoms with Crippen LogP contribution in [-0.2, 0) is 20.0 Å². The Labute approximate surface area is 202 Å². The number of thiazole rings is 1. The molecular weight excluding hydrogens is 452 g/mol. The standard InChI is InChI=1S/C24H28N6O3S/c1-29-19(13-18(28-29)16-9-5-6-10-20(16)33-2)22(31)30-12-11-17-21(14-30)34-24(26-17)27-23(32)25-15-7-3-4-8-15/h5-6,9-10,13,15H,3-4,7-8,11-12,14H2,1-2H3,(H2,25,26,27,32). The van der Waals surface area contributed by atoms with E-state index >= 15 is 0 Å². The SMILES string of the molecule is COc1ccccc1-c1cc(C(=O)N2CCc3nc(NC(=O)NC4CCCC4)sc3C2)n(C)n1. The third-order valence-corrected chi connectivity index (χ3v) is 7.41. The van der Waals surface area contributed by atoms with Crippen LogP contribution < -0.4 is 15.4 Å². The van der Waals surface area contributed by atoms with E-state index in [1.807, 2.05) is 35.2 Å². The number of nitrogens with one attached hydrogen (secondary N) is 2. The molecule has 2 aromatic heterocycles. The van der Waals surface area contributed by atoms with Crippen molar-refractivity contribution >= 4 is 28.4 Å². The number of ether oxygens (including phenoxy) is 1. The number of carbonyl (C=O) groups excluding carboxylic acids is 2. The molecule has 0 spiro atoms. The molecule has 1 aliphatic heterocycles. The second kappa shape index (κ2) is 9.46. The fourth-order valence-corrected chi connectivity index (χ4v) is 5.65. The van der Waals surface area contributed by atoms with Crippen LogP contribution in [0.3, 0.4) is 0 Å².